The Bertz CT molecular complexity index is 920. The minimum atomic E-state index is -1.25. The van der Waals surface area contributed by atoms with Gasteiger partial charge in [0.15, 0.2) is 0 Å². The minimum Gasteiger partial charge on any atom is -0.465 e. The molecular weight excluding hydrogens is 462 g/mol. The van der Waals surface area contributed by atoms with Crippen molar-refractivity contribution in [1.29, 1.82) is 0 Å². The lowest BCUT2D eigenvalue weighted by Crippen LogP contribution is -2.55. The highest BCUT2D eigenvalue weighted by Gasteiger charge is 2.30. The molecule has 36 heavy (non-hydrogen) atoms. The molecule has 1 aromatic rings. The number of nitrogens with one attached hydrogen (secondary N) is 4. The first-order chi connectivity index (χ1) is 16.4. The summed E-state index contributed by atoms with van der Waals surface area (Å²) in [5.41, 5.74) is 0.274. The summed E-state index contributed by atoms with van der Waals surface area (Å²) in [5.74, 6) is -1.12. The molecule has 0 aliphatic heterocycles. The highest BCUT2D eigenvalue weighted by molar-refractivity contribution is 5.89. The first kappa shape index (κ1) is 30.9. The molecule has 1 heterocycles. The van der Waals surface area contributed by atoms with E-state index in [0.717, 1.165) is 11.3 Å². The largest absolute Gasteiger partial charge is 0.465 e. The number of nitrogens with zero attached hydrogens (tertiary/aromatic N) is 1. The number of carbonyl (C=O) groups excluding carboxylic acids is 3. The number of pyridine rings is 1. The highest BCUT2D eigenvalue weighted by atomic mass is 16.4. The van der Waals surface area contributed by atoms with Crippen LogP contribution in [0.1, 0.15) is 73.6 Å². The highest BCUT2D eigenvalue weighted by Crippen LogP contribution is 2.15. The molecule has 0 saturated heterocycles. The summed E-state index contributed by atoms with van der Waals surface area (Å²) in [4.78, 5) is 53.2. The lowest BCUT2D eigenvalue weighted by Gasteiger charge is -2.30. The monoisotopic (exact) mass is 505 g/mol. The number of amides is 4. The molecule has 1 rings (SSSR count). The van der Waals surface area contributed by atoms with E-state index in [2.05, 4.69) is 26.3 Å². The third kappa shape index (κ3) is 10.2. The van der Waals surface area contributed by atoms with E-state index in [4.69, 9.17) is 5.11 Å². The zero-order chi connectivity index (χ0) is 27.8. The second kappa shape index (κ2) is 12.7. The van der Waals surface area contributed by atoms with Crippen LogP contribution < -0.4 is 21.3 Å². The van der Waals surface area contributed by atoms with Crippen molar-refractivity contribution in [2.45, 2.75) is 92.9 Å². The maximum Gasteiger partial charge on any atom is 0.405 e. The van der Waals surface area contributed by atoms with Crippen LogP contribution in [0.3, 0.4) is 0 Å². The van der Waals surface area contributed by atoms with E-state index in [1.165, 1.54) is 0 Å². The number of carboxylic acid groups (broad SMARTS) is 1. The zero-order valence-electron chi connectivity index (χ0n) is 23.0. The summed E-state index contributed by atoms with van der Waals surface area (Å²) in [6.07, 6.45) is 0.841. The maximum atomic E-state index is 12.7. The topological polar surface area (TPSA) is 150 Å². The van der Waals surface area contributed by atoms with Crippen LogP contribution in [-0.4, -0.2) is 51.5 Å². The summed E-state index contributed by atoms with van der Waals surface area (Å²) in [6.45, 7) is 16.7. The van der Waals surface area contributed by atoms with Gasteiger partial charge < -0.3 is 26.4 Å². The number of hydrogen-bond acceptors (Lipinski definition) is 5. The van der Waals surface area contributed by atoms with Gasteiger partial charge in [-0.2, -0.15) is 0 Å². The molecule has 0 aromatic carbocycles. The zero-order valence-corrected chi connectivity index (χ0v) is 23.0. The fourth-order valence-electron chi connectivity index (χ4n) is 3.43. The Labute approximate surface area is 214 Å². The summed E-state index contributed by atoms with van der Waals surface area (Å²) in [5, 5.41) is 19.9. The van der Waals surface area contributed by atoms with Gasteiger partial charge in [-0.05, 0) is 37.3 Å². The van der Waals surface area contributed by atoms with Crippen LogP contribution in [0, 0.1) is 17.3 Å². The molecule has 4 amide bonds. The van der Waals surface area contributed by atoms with Crippen LogP contribution in [0.5, 0.6) is 0 Å². The molecule has 0 fully saturated rings. The number of rotatable bonds is 11. The van der Waals surface area contributed by atoms with Crippen molar-refractivity contribution >= 4 is 23.8 Å². The lowest BCUT2D eigenvalue weighted by atomic mass is 9.93. The summed E-state index contributed by atoms with van der Waals surface area (Å²) in [7, 11) is 0. The third-order valence-corrected chi connectivity index (χ3v) is 5.58. The normalized spacial score (nSPS) is 13.6. The maximum absolute atomic E-state index is 12.7. The van der Waals surface area contributed by atoms with E-state index in [0.29, 0.717) is 6.42 Å². The molecule has 1 aromatic heterocycles. The fourth-order valence-corrected chi connectivity index (χ4v) is 3.43. The molecule has 0 aliphatic carbocycles. The molecule has 10 nitrogen and oxygen atoms in total. The standard InChI is InChI=1S/C26H43N5O5/c1-15(2)19(29-23(34)25(5,6)7)21(32)28-14-17-10-11-18(27-13-17)12-26(8,9)31-22(33)20(16(3)4)30-24(35)36/h10-11,13,15-16,19-20,30H,12,14H2,1-9H3,(H,28,32)(H,29,34)(H,31,33)(H,35,36)/t19-,20-/m0/s1. The number of hydrogen-bond donors (Lipinski definition) is 5. The van der Waals surface area contributed by atoms with Gasteiger partial charge in [-0.1, -0.05) is 54.5 Å². The van der Waals surface area contributed by atoms with Crippen LogP contribution in [0.25, 0.3) is 0 Å². The summed E-state index contributed by atoms with van der Waals surface area (Å²) >= 11 is 0. The van der Waals surface area contributed by atoms with Gasteiger partial charge in [0.2, 0.25) is 17.7 Å². The van der Waals surface area contributed by atoms with Crippen LogP contribution >= 0.6 is 0 Å². The molecule has 10 heteroatoms. The Balaban J connectivity index is 2.74. The van der Waals surface area contributed by atoms with E-state index in [-0.39, 0.29) is 30.2 Å². The molecule has 5 N–H and O–H groups in total. The molecule has 0 radical (unpaired) electrons. The van der Waals surface area contributed by atoms with Crippen molar-refractivity contribution in [3.8, 4) is 0 Å². The molecule has 202 valence electrons. The molecule has 0 unspecified atom stereocenters. The second-order valence-corrected chi connectivity index (χ2v) is 11.5. The second-order valence-electron chi connectivity index (χ2n) is 11.5. The van der Waals surface area contributed by atoms with Crippen molar-refractivity contribution in [2.24, 2.45) is 17.3 Å². The molecule has 0 aliphatic rings. The van der Waals surface area contributed by atoms with Gasteiger partial charge in [0, 0.05) is 35.8 Å². The Hall–Kier alpha value is -3.17. The average Bonchev–Trinajstić information content (AvgIpc) is 2.72. The average molecular weight is 506 g/mol. The number of aromatic nitrogens is 1. The van der Waals surface area contributed by atoms with Crippen molar-refractivity contribution in [2.75, 3.05) is 0 Å². The van der Waals surface area contributed by atoms with Gasteiger partial charge in [-0.15, -0.1) is 0 Å². The van der Waals surface area contributed by atoms with Gasteiger partial charge in [-0.3, -0.25) is 19.4 Å². The SMILES string of the molecule is CC(C)[C@H](NC(=O)O)C(=O)NC(C)(C)Cc1ccc(CNC(=O)[C@@H](NC(=O)C(C)(C)C)C(C)C)cn1. The lowest BCUT2D eigenvalue weighted by molar-refractivity contribution is -0.134. The molecule has 0 saturated carbocycles. The quantitative estimate of drug-likeness (QED) is 0.312. The van der Waals surface area contributed by atoms with Gasteiger partial charge in [0.25, 0.3) is 0 Å². The van der Waals surface area contributed by atoms with E-state index >= 15 is 0 Å². The van der Waals surface area contributed by atoms with Crippen molar-refractivity contribution in [3.63, 3.8) is 0 Å². The Morgan fingerprint density at radius 1 is 0.889 bits per heavy atom. The van der Waals surface area contributed by atoms with Crippen molar-refractivity contribution in [3.05, 3.63) is 29.6 Å². The third-order valence-electron chi connectivity index (χ3n) is 5.58. The Morgan fingerprint density at radius 3 is 1.89 bits per heavy atom. The van der Waals surface area contributed by atoms with Crippen molar-refractivity contribution in [1.82, 2.24) is 26.3 Å². The van der Waals surface area contributed by atoms with E-state index in [1.54, 1.807) is 40.8 Å². The van der Waals surface area contributed by atoms with Crippen molar-refractivity contribution < 1.29 is 24.3 Å². The summed E-state index contributed by atoms with van der Waals surface area (Å²) < 4.78 is 0. The van der Waals surface area contributed by atoms with Gasteiger partial charge in [0.1, 0.15) is 12.1 Å². The number of carbonyl (C=O) groups is 4. The predicted octanol–water partition coefficient (Wildman–Crippen LogP) is 2.61. The minimum absolute atomic E-state index is 0.0739. The molecule has 0 bridgehead atoms. The Morgan fingerprint density at radius 2 is 1.44 bits per heavy atom. The molecule has 2 atom stereocenters. The fraction of sp³-hybridized carbons (Fsp3) is 0.654. The molecule has 0 spiro atoms. The van der Waals surface area contributed by atoms with E-state index in [1.807, 2.05) is 39.8 Å². The molecular formula is C26H43N5O5. The van der Waals surface area contributed by atoms with Crippen LogP contribution in [0.15, 0.2) is 18.3 Å². The smallest absolute Gasteiger partial charge is 0.405 e. The first-order valence-electron chi connectivity index (χ1n) is 12.3. The van der Waals surface area contributed by atoms with Gasteiger partial charge >= 0.3 is 6.09 Å². The van der Waals surface area contributed by atoms with Gasteiger partial charge in [0.05, 0.1) is 0 Å². The van der Waals surface area contributed by atoms with Crippen LogP contribution in [-0.2, 0) is 27.3 Å². The van der Waals surface area contributed by atoms with Crippen LogP contribution in [0.4, 0.5) is 4.79 Å². The van der Waals surface area contributed by atoms with E-state index in [9.17, 15) is 19.2 Å². The Kier molecular flexibility index (Phi) is 10.9. The predicted molar refractivity (Wildman–Crippen MR) is 138 cm³/mol. The van der Waals surface area contributed by atoms with E-state index < -0.39 is 35.0 Å². The van der Waals surface area contributed by atoms with Crippen LogP contribution in [0.2, 0.25) is 0 Å². The summed E-state index contributed by atoms with van der Waals surface area (Å²) in [6, 6.07) is 2.18. The first-order valence-corrected chi connectivity index (χ1v) is 12.3. The van der Waals surface area contributed by atoms with Gasteiger partial charge in [-0.25, -0.2) is 4.79 Å².